The van der Waals surface area contributed by atoms with Gasteiger partial charge in [0.1, 0.15) is 6.17 Å². The molecule has 76 valence electrons. The molecule has 0 spiro atoms. The highest BCUT2D eigenvalue weighted by atomic mass is 19.1. The predicted octanol–water partition coefficient (Wildman–Crippen LogP) is 1.62. The molecule has 1 saturated heterocycles. The summed E-state index contributed by atoms with van der Waals surface area (Å²) >= 11 is 0. The van der Waals surface area contributed by atoms with Crippen LogP contribution in [-0.2, 0) is 9.53 Å². The molecule has 1 fully saturated rings. The molecule has 0 unspecified atom stereocenters. The summed E-state index contributed by atoms with van der Waals surface area (Å²) in [5, 5.41) is 8.45. The first-order chi connectivity index (χ1) is 6.20. The van der Waals surface area contributed by atoms with Gasteiger partial charge in [-0.3, -0.25) is 4.79 Å². The van der Waals surface area contributed by atoms with Crippen molar-refractivity contribution in [3.63, 3.8) is 0 Å². The fourth-order valence-electron chi connectivity index (χ4n) is 1.58. The van der Waals surface area contributed by atoms with Crippen LogP contribution in [0.4, 0.5) is 4.39 Å². The Kier molecular flexibility index (Phi) is 4.15. The van der Waals surface area contributed by atoms with E-state index in [0.29, 0.717) is 32.5 Å². The maximum Gasteiger partial charge on any atom is 0.303 e. The molecule has 1 heterocycles. The molecule has 0 aromatic carbocycles. The minimum atomic E-state index is -0.887. The molecular formula is C9H15FO3. The van der Waals surface area contributed by atoms with E-state index < -0.39 is 12.1 Å². The first-order valence-electron chi connectivity index (χ1n) is 4.63. The predicted molar refractivity (Wildman–Crippen MR) is 45.3 cm³/mol. The third kappa shape index (κ3) is 3.72. The van der Waals surface area contributed by atoms with Crippen molar-refractivity contribution < 1.29 is 19.0 Å². The third-order valence-corrected chi connectivity index (χ3v) is 2.41. The highest BCUT2D eigenvalue weighted by Crippen LogP contribution is 2.23. The fraction of sp³-hybridized carbons (Fsp3) is 0.889. The normalized spacial score (nSPS) is 29.6. The molecule has 1 rings (SSSR count). The van der Waals surface area contributed by atoms with E-state index in [1.54, 1.807) is 0 Å². The number of carboxylic acids is 1. The van der Waals surface area contributed by atoms with Crippen molar-refractivity contribution in [2.24, 2.45) is 5.92 Å². The van der Waals surface area contributed by atoms with E-state index in [9.17, 15) is 9.18 Å². The van der Waals surface area contributed by atoms with Gasteiger partial charge in [-0.05, 0) is 18.8 Å². The van der Waals surface area contributed by atoms with E-state index in [0.717, 1.165) is 0 Å². The lowest BCUT2D eigenvalue weighted by Crippen LogP contribution is -2.16. The van der Waals surface area contributed by atoms with Crippen molar-refractivity contribution in [1.29, 1.82) is 0 Å². The number of ether oxygens (including phenoxy) is 1. The van der Waals surface area contributed by atoms with E-state index in [-0.39, 0.29) is 12.3 Å². The van der Waals surface area contributed by atoms with Gasteiger partial charge >= 0.3 is 5.97 Å². The topological polar surface area (TPSA) is 46.5 Å². The summed E-state index contributed by atoms with van der Waals surface area (Å²) in [5.41, 5.74) is 0. The first kappa shape index (κ1) is 10.4. The number of carboxylic acid groups (broad SMARTS) is 1. The van der Waals surface area contributed by atoms with Crippen LogP contribution in [0.3, 0.4) is 0 Å². The third-order valence-electron chi connectivity index (χ3n) is 2.41. The lowest BCUT2D eigenvalue weighted by atomic mass is 9.94. The van der Waals surface area contributed by atoms with Gasteiger partial charge in [0.2, 0.25) is 0 Å². The highest BCUT2D eigenvalue weighted by molar-refractivity contribution is 5.66. The molecule has 0 saturated carbocycles. The van der Waals surface area contributed by atoms with Crippen molar-refractivity contribution in [1.82, 2.24) is 0 Å². The van der Waals surface area contributed by atoms with Crippen LogP contribution in [0.15, 0.2) is 0 Å². The van der Waals surface area contributed by atoms with Crippen LogP contribution in [0.5, 0.6) is 0 Å². The van der Waals surface area contributed by atoms with Crippen LogP contribution in [0.2, 0.25) is 0 Å². The Hall–Kier alpha value is -0.640. The Labute approximate surface area is 76.9 Å². The van der Waals surface area contributed by atoms with Gasteiger partial charge in [0.05, 0.1) is 0 Å². The van der Waals surface area contributed by atoms with Crippen molar-refractivity contribution in [3.05, 3.63) is 0 Å². The molecule has 13 heavy (non-hydrogen) atoms. The second-order valence-corrected chi connectivity index (χ2v) is 3.40. The van der Waals surface area contributed by atoms with E-state index in [2.05, 4.69) is 0 Å². The molecule has 1 aliphatic rings. The van der Waals surface area contributed by atoms with Crippen molar-refractivity contribution in [3.8, 4) is 0 Å². The van der Waals surface area contributed by atoms with Gasteiger partial charge in [0.15, 0.2) is 0 Å². The van der Waals surface area contributed by atoms with Crippen LogP contribution >= 0.6 is 0 Å². The zero-order valence-electron chi connectivity index (χ0n) is 7.54. The fourth-order valence-corrected chi connectivity index (χ4v) is 1.58. The van der Waals surface area contributed by atoms with E-state index >= 15 is 0 Å². The lowest BCUT2D eigenvalue weighted by Gasteiger charge is -2.15. The Balaban J connectivity index is 2.31. The van der Waals surface area contributed by atoms with Gasteiger partial charge in [-0.1, -0.05) is 0 Å². The number of alkyl halides is 1. The summed E-state index contributed by atoms with van der Waals surface area (Å²) in [6.45, 7) is 1.02. The number of carbonyl (C=O) groups is 1. The molecule has 4 heteroatoms. The Morgan fingerprint density at radius 2 is 2.15 bits per heavy atom. The summed E-state index contributed by atoms with van der Waals surface area (Å²) < 4.78 is 18.4. The quantitative estimate of drug-likeness (QED) is 0.735. The SMILES string of the molecule is O=C(O)CC[C@@H]1CCOCC[C@H]1F. The van der Waals surface area contributed by atoms with Crippen LogP contribution in [0.25, 0.3) is 0 Å². The zero-order chi connectivity index (χ0) is 9.68. The van der Waals surface area contributed by atoms with E-state index in [4.69, 9.17) is 9.84 Å². The molecule has 1 aliphatic heterocycles. The minimum Gasteiger partial charge on any atom is -0.481 e. The number of halogens is 1. The molecule has 0 bridgehead atoms. The summed E-state index contributed by atoms with van der Waals surface area (Å²) in [6, 6.07) is 0. The van der Waals surface area contributed by atoms with Gasteiger partial charge < -0.3 is 9.84 Å². The van der Waals surface area contributed by atoms with E-state index in [1.165, 1.54) is 0 Å². The standard InChI is InChI=1S/C9H15FO3/c10-8-4-6-13-5-3-7(8)1-2-9(11)12/h7-8H,1-6H2,(H,11,12)/t7-,8-/m1/s1. The van der Waals surface area contributed by atoms with Gasteiger partial charge in [-0.15, -0.1) is 0 Å². The molecule has 0 aromatic rings. The number of rotatable bonds is 3. The average Bonchev–Trinajstić information content (AvgIpc) is 2.27. The molecule has 3 nitrogen and oxygen atoms in total. The van der Waals surface area contributed by atoms with Gasteiger partial charge in [0, 0.05) is 26.1 Å². The Bertz CT molecular complexity index is 172. The Morgan fingerprint density at radius 3 is 2.85 bits per heavy atom. The van der Waals surface area contributed by atoms with Crippen molar-refractivity contribution >= 4 is 5.97 Å². The van der Waals surface area contributed by atoms with Crippen LogP contribution in [0, 0.1) is 5.92 Å². The van der Waals surface area contributed by atoms with Crippen molar-refractivity contribution in [2.45, 2.75) is 31.9 Å². The highest BCUT2D eigenvalue weighted by Gasteiger charge is 2.23. The summed E-state index contributed by atoms with van der Waals surface area (Å²) in [4.78, 5) is 10.3. The van der Waals surface area contributed by atoms with Gasteiger partial charge in [-0.2, -0.15) is 0 Å². The minimum absolute atomic E-state index is 0.0606. The zero-order valence-corrected chi connectivity index (χ0v) is 7.54. The molecule has 1 N–H and O–H groups in total. The maximum absolute atomic E-state index is 13.3. The summed E-state index contributed by atoms with van der Waals surface area (Å²) in [5.74, 6) is -0.976. The number of aliphatic carboxylic acids is 1. The molecule has 0 aliphatic carbocycles. The summed E-state index contributed by atoms with van der Waals surface area (Å²) in [7, 11) is 0. The van der Waals surface area contributed by atoms with Crippen LogP contribution in [0.1, 0.15) is 25.7 Å². The lowest BCUT2D eigenvalue weighted by molar-refractivity contribution is -0.137. The number of hydrogen-bond donors (Lipinski definition) is 1. The maximum atomic E-state index is 13.3. The van der Waals surface area contributed by atoms with Crippen LogP contribution in [-0.4, -0.2) is 30.5 Å². The smallest absolute Gasteiger partial charge is 0.303 e. The Morgan fingerprint density at radius 1 is 1.46 bits per heavy atom. The van der Waals surface area contributed by atoms with E-state index in [1.807, 2.05) is 0 Å². The van der Waals surface area contributed by atoms with Crippen LogP contribution < -0.4 is 0 Å². The van der Waals surface area contributed by atoms with Gasteiger partial charge in [0.25, 0.3) is 0 Å². The number of hydrogen-bond acceptors (Lipinski definition) is 2. The second-order valence-electron chi connectivity index (χ2n) is 3.40. The second kappa shape index (κ2) is 5.17. The summed E-state index contributed by atoms with van der Waals surface area (Å²) in [6.07, 6.45) is 0.658. The van der Waals surface area contributed by atoms with Crippen molar-refractivity contribution in [2.75, 3.05) is 13.2 Å². The first-order valence-corrected chi connectivity index (χ1v) is 4.63. The molecule has 0 amide bonds. The molecular weight excluding hydrogens is 175 g/mol. The largest absolute Gasteiger partial charge is 0.481 e. The van der Waals surface area contributed by atoms with Gasteiger partial charge in [-0.25, -0.2) is 4.39 Å². The molecule has 2 atom stereocenters. The molecule has 0 aromatic heterocycles. The monoisotopic (exact) mass is 190 g/mol. The average molecular weight is 190 g/mol. The molecule has 0 radical (unpaired) electrons.